The monoisotopic (exact) mass is 274 g/mol. The second kappa shape index (κ2) is 11.8. The van der Waals surface area contributed by atoms with Gasteiger partial charge in [0.1, 0.15) is 0 Å². The molecule has 0 aromatic rings. The molecule has 0 heterocycles. The lowest BCUT2D eigenvalue weighted by Gasteiger charge is -2.02. The van der Waals surface area contributed by atoms with Crippen molar-refractivity contribution in [3.63, 3.8) is 0 Å². The predicted octanol–water partition coefficient (Wildman–Crippen LogP) is 7.15. The largest absolute Gasteiger partial charge is 0.0887 e. The number of allylic oxidation sites excluding steroid dienone is 8. The average Bonchev–Trinajstić information content (AvgIpc) is 2.38. The third-order valence-corrected chi connectivity index (χ3v) is 3.65. The lowest BCUT2D eigenvalue weighted by molar-refractivity contribution is 0.899. The predicted molar refractivity (Wildman–Crippen MR) is 94.1 cm³/mol. The zero-order chi connectivity index (χ0) is 15.4. The number of hydrogen-bond acceptors (Lipinski definition) is 0. The van der Waals surface area contributed by atoms with Crippen molar-refractivity contribution in [2.24, 2.45) is 0 Å². The lowest BCUT2D eigenvalue weighted by atomic mass is 10.0. The van der Waals surface area contributed by atoms with E-state index < -0.39 is 0 Å². The van der Waals surface area contributed by atoms with E-state index in [9.17, 15) is 0 Å². The fourth-order valence-electron chi connectivity index (χ4n) is 2.03. The maximum Gasteiger partial charge on any atom is -0.0288 e. The summed E-state index contributed by atoms with van der Waals surface area (Å²) in [5.74, 6) is 0. The summed E-state index contributed by atoms with van der Waals surface area (Å²) in [6, 6.07) is 0. The zero-order valence-electron chi connectivity index (χ0n) is 14.6. The minimum absolute atomic E-state index is 1.18. The normalized spacial score (nSPS) is 13.6. The van der Waals surface area contributed by atoms with Gasteiger partial charge in [-0.05, 0) is 80.1 Å². The third-order valence-electron chi connectivity index (χ3n) is 3.65. The molecule has 0 saturated carbocycles. The number of rotatable bonds is 9. The van der Waals surface area contributed by atoms with Crippen LogP contribution in [0.15, 0.2) is 46.6 Å². The van der Waals surface area contributed by atoms with Gasteiger partial charge in [-0.3, -0.25) is 0 Å². The molecule has 0 nitrogen and oxygen atoms in total. The summed E-state index contributed by atoms with van der Waals surface area (Å²) in [6.45, 7) is 13.2. The van der Waals surface area contributed by atoms with Crippen molar-refractivity contribution in [3.8, 4) is 0 Å². The summed E-state index contributed by atoms with van der Waals surface area (Å²) in [5.41, 5.74) is 5.97. The molecule has 0 spiro atoms. The highest BCUT2D eigenvalue weighted by Crippen LogP contribution is 2.13. The third kappa shape index (κ3) is 12.0. The summed E-state index contributed by atoms with van der Waals surface area (Å²) in [7, 11) is 0. The van der Waals surface area contributed by atoms with Crippen LogP contribution >= 0.6 is 0 Å². The van der Waals surface area contributed by atoms with E-state index >= 15 is 0 Å². The maximum absolute atomic E-state index is 2.41. The minimum Gasteiger partial charge on any atom is -0.0887 e. The van der Waals surface area contributed by atoms with Crippen molar-refractivity contribution in [2.45, 2.75) is 80.1 Å². The fraction of sp³-hybridized carbons (Fsp3) is 0.600. The highest BCUT2D eigenvalue weighted by molar-refractivity contribution is 5.06. The van der Waals surface area contributed by atoms with Gasteiger partial charge in [-0.2, -0.15) is 0 Å². The summed E-state index contributed by atoms with van der Waals surface area (Å²) < 4.78 is 0. The van der Waals surface area contributed by atoms with E-state index in [1.165, 1.54) is 60.8 Å². The van der Waals surface area contributed by atoms with Crippen molar-refractivity contribution in [3.05, 3.63) is 46.6 Å². The highest BCUT2D eigenvalue weighted by atomic mass is 14.0. The summed E-state index contributed by atoms with van der Waals surface area (Å²) in [5, 5.41) is 0. The lowest BCUT2D eigenvalue weighted by Crippen LogP contribution is -1.82. The molecule has 0 saturated heterocycles. The molecule has 0 aliphatic rings. The Labute approximate surface area is 127 Å². The second-order valence-corrected chi connectivity index (χ2v) is 6.13. The molecule has 0 bridgehead atoms. The van der Waals surface area contributed by atoms with Gasteiger partial charge in [0.15, 0.2) is 0 Å². The van der Waals surface area contributed by atoms with Gasteiger partial charge in [0.2, 0.25) is 0 Å². The van der Waals surface area contributed by atoms with Crippen molar-refractivity contribution >= 4 is 0 Å². The molecule has 0 unspecified atom stereocenters. The SMILES string of the molecule is C/C=C(\C)CCC=C(C)CCC=C(C)CCC=C(C)C. The first-order valence-electron chi connectivity index (χ1n) is 8.02. The molecule has 0 N–H and O–H groups in total. The Morgan fingerprint density at radius 2 is 1.00 bits per heavy atom. The quantitative estimate of drug-likeness (QED) is 0.391. The van der Waals surface area contributed by atoms with Crippen molar-refractivity contribution in [1.82, 2.24) is 0 Å². The highest BCUT2D eigenvalue weighted by Gasteiger charge is 1.92. The van der Waals surface area contributed by atoms with Crippen molar-refractivity contribution in [1.29, 1.82) is 0 Å². The van der Waals surface area contributed by atoms with Gasteiger partial charge in [0, 0.05) is 0 Å². The average molecular weight is 274 g/mol. The smallest absolute Gasteiger partial charge is 0.0288 e. The molecule has 0 aliphatic heterocycles. The molecule has 0 amide bonds. The van der Waals surface area contributed by atoms with Crippen LogP contribution in [-0.4, -0.2) is 0 Å². The first kappa shape index (κ1) is 19.0. The van der Waals surface area contributed by atoms with Crippen LogP contribution in [0.2, 0.25) is 0 Å². The molecule has 0 aromatic heterocycles. The Bertz CT molecular complexity index is 371. The molecule has 0 fully saturated rings. The van der Waals surface area contributed by atoms with Crippen LogP contribution in [0.3, 0.4) is 0 Å². The van der Waals surface area contributed by atoms with Crippen LogP contribution < -0.4 is 0 Å². The molecule has 0 rings (SSSR count). The Hall–Kier alpha value is -1.04. The molecule has 114 valence electrons. The van der Waals surface area contributed by atoms with Gasteiger partial charge in [0.25, 0.3) is 0 Å². The van der Waals surface area contributed by atoms with Crippen molar-refractivity contribution in [2.75, 3.05) is 0 Å². The Balaban J connectivity index is 3.91. The van der Waals surface area contributed by atoms with Crippen LogP contribution in [0.4, 0.5) is 0 Å². The van der Waals surface area contributed by atoms with Crippen LogP contribution in [-0.2, 0) is 0 Å². The molecule has 0 atom stereocenters. The molecule has 0 heteroatoms. The molecule has 0 aliphatic carbocycles. The van der Waals surface area contributed by atoms with E-state index in [-0.39, 0.29) is 0 Å². The van der Waals surface area contributed by atoms with Crippen LogP contribution in [0.5, 0.6) is 0 Å². The molecule has 20 heavy (non-hydrogen) atoms. The minimum atomic E-state index is 1.18. The van der Waals surface area contributed by atoms with Crippen LogP contribution in [0.1, 0.15) is 80.1 Å². The van der Waals surface area contributed by atoms with Crippen LogP contribution in [0.25, 0.3) is 0 Å². The van der Waals surface area contributed by atoms with Gasteiger partial charge in [0.05, 0.1) is 0 Å². The summed E-state index contributed by atoms with van der Waals surface area (Å²) >= 11 is 0. The fourth-order valence-corrected chi connectivity index (χ4v) is 2.03. The first-order chi connectivity index (χ1) is 9.45. The zero-order valence-corrected chi connectivity index (χ0v) is 14.6. The van der Waals surface area contributed by atoms with Gasteiger partial charge in [-0.15, -0.1) is 0 Å². The number of hydrogen-bond donors (Lipinski definition) is 0. The topological polar surface area (TPSA) is 0 Å². The first-order valence-corrected chi connectivity index (χ1v) is 8.02. The van der Waals surface area contributed by atoms with Gasteiger partial charge < -0.3 is 0 Å². The maximum atomic E-state index is 2.41. The van der Waals surface area contributed by atoms with E-state index in [1.807, 2.05) is 0 Å². The van der Waals surface area contributed by atoms with Crippen LogP contribution in [0, 0.1) is 0 Å². The van der Waals surface area contributed by atoms with Gasteiger partial charge >= 0.3 is 0 Å². The van der Waals surface area contributed by atoms with Crippen molar-refractivity contribution < 1.29 is 0 Å². The molecule has 0 radical (unpaired) electrons. The second-order valence-electron chi connectivity index (χ2n) is 6.13. The van der Waals surface area contributed by atoms with E-state index in [0.29, 0.717) is 0 Å². The van der Waals surface area contributed by atoms with Gasteiger partial charge in [-0.1, -0.05) is 46.6 Å². The van der Waals surface area contributed by atoms with E-state index in [2.05, 4.69) is 65.8 Å². The summed E-state index contributed by atoms with van der Waals surface area (Å²) in [6.07, 6.45) is 16.5. The molecular weight excluding hydrogens is 240 g/mol. The standard InChI is InChI=1S/C20H34/c1-7-18(4)12-9-14-20(6)16-10-15-19(5)13-8-11-17(2)3/h7,11,14-15H,8-10,12-13,16H2,1-6H3/b18-7+,19-15?,20-14?. The van der Waals surface area contributed by atoms with E-state index in [1.54, 1.807) is 0 Å². The van der Waals surface area contributed by atoms with E-state index in [4.69, 9.17) is 0 Å². The molecular formula is C20H34. The summed E-state index contributed by atoms with van der Waals surface area (Å²) in [4.78, 5) is 0. The Morgan fingerprint density at radius 1 is 0.600 bits per heavy atom. The van der Waals surface area contributed by atoms with Gasteiger partial charge in [-0.25, -0.2) is 0 Å². The van der Waals surface area contributed by atoms with E-state index in [0.717, 1.165) is 0 Å². The Morgan fingerprint density at radius 3 is 1.40 bits per heavy atom. The molecule has 0 aromatic carbocycles. The Kier molecular flexibility index (Phi) is 11.1.